The molecule has 0 unspecified atom stereocenters. The van der Waals surface area contributed by atoms with Crippen molar-refractivity contribution < 1.29 is 0 Å². The fourth-order valence-corrected chi connectivity index (χ4v) is 2.90. The summed E-state index contributed by atoms with van der Waals surface area (Å²) >= 11 is 0. The Morgan fingerprint density at radius 2 is 1.46 bits per heavy atom. The molecule has 0 bridgehead atoms. The van der Waals surface area contributed by atoms with E-state index in [1.54, 1.807) is 16.5 Å². The van der Waals surface area contributed by atoms with Crippen LogP contribution in [0.2, 0.25) is 0 Å². The van der Waals surface area contributed by atoms with Gasteiger partial charge < -0.3 is 0 Å². The molecule has 0 N–H and O–H groups in total. The molecule has 0 aromatic heterocycles. The Bertz CT molecular complexity index is 468. The van der Waals surface area contributed by atoms with E-state index in [1.165, 1.54) is 11.8 Å². The molecule has 0 nitrogen and oxygen atoms in total. The van der Waals surface area contributed by atoms with Crippen LogP contribution in [0.1, 0.15) is 29.4 Å². The zero-order chi connectivity index (χ0) is 8.41. The van der Waals surface area contributed by atoms with E-state index in [-0.39, 0.29) is 0 Å². The van der Waals surface area contributed by atoms with E-state index in [0.717, 1.165) is 11.8 Å². The average molecular weight is 166 g/mol. The molecule has 0 saturated heterocycles. The van der Waals surface area contributed by atoms with Crippen LogP contribution in [0.25, 0.3) is 10.8 Å². The SMILES string of the molecule is c1cc2c3c(cccc3c1)[C@@H]1C[C@@H]21. The lowest BCUT2D eigenvalue weighted by molar-refractivity contribution is 1.10. The number of hydrogen-bond acceptors (Lipinski definition) is 0. The number of hydrogen-bond donors (Lipinski definition) is 0. The Hall–Kier alpha value is -1.30. The third-order valence-corrected chi connectivity index (χ3v) is 3.56. The molecule has 0 heteroatoms. The van der Waals surface area contributed by atoms with Crippen molar-refractivity contribution in [2.24, 2.45) is 0 Å². The van der Waals surface area contributed by atoms with Crippen LogP contribution in [0.15, 0.2) is 36.4 Å². The number of fused-ring (bicyclic) bond motifs is 3. The highest BCUT2D eigenvalue weighted by Gasteiger charge is 2.46. The van der Waals surface area contributed by atoms with Crippen molar-refractivity contribution in [1.82, 2.24) is 0 Å². The van der Waals surface area contributed by atoms with Crippen molar-refractivity contribution in [3.05, 3.63) is 47.5 Å². The topological polar surface area (TPSA) is 0 Å². The third kappa shape index (κ3) is 0.601. The van der Waals surface area contributed by atoms with E-state index in [0.29, 0.717) is 0 Å². The lowest BCUT2D eigenvalue weighted by atomic mass is 10.0. The summed E-state index contributed by atoms with van der Waals surface area (Å²) in [6.45, 7) is 0. The minimum Gasteiger partial charge on any atom is -0.0613 e. The van der Waals surface area contributed by atoms with Crippen LogP contribution in [0, 0.1) is 0 Å². The molecule has 0 radical (unpaired) electrons. The zero-order valence-electron chi connectivity index (χ0n) is 7.33. The van der Waals surface area contributed by atoms with Gasteiger partial charge in [-0.2, -0.15) is 0 Å². The van der Waals surface area contributed by atoms with Gasteiger partial charge in [-0.05, 0) is 40.2 Å². The predicted octanol–water partition coefficient (Wildman–Crippen LogP) is 3.42. The molecular formula is C13H10. The Kier molecular flexibility index (Phi) is 0.855. The van der Waals surface area contributed by atoms with Gasteiger partial charge in [0.15, 0.2) is 0 Å². The number of rotatable bonds is 0. The van der Waals surface area contributed by atoms with Gasteiger partial charge in [0.1, 0.15) is 0 Å². The van der Waals surface area contributed by atoms with Gasteiger partial charge in [0.25, 0.3) is 0 Å². The summed E-state index contributed by atoms with van der Waals surface area (Å²) in [5, 5.41) is 2.99. The van der Waals surface area contributed by atoms with E-state index in [1.807, 2.05) is 0 Å². The molecule has 62 valence electrons. The lowest BCUT2D eigenvalue weighted by Crippen LogP contribution is -1.81. The quantitative estimate of drug-likeness (QED) is 0.562. The maximum Gasteiger partial charge on any atom is -0.00804 e. The Morgan fingerprint density at radius 1 is 0.846 bits per heavy atom. The summed E-state index contributed by atoms with van der Waals surface area (Å²) < 4.78 is 0. The summed E-state index contributed by atoms with van der Waals surface area (Å²) in [6, 6.07) is 13.5. The summed E-state index contributed by atoms with van der Waals surface area (Å²) in [4.78, 5) is 0. The molecule has 0 aliphatic heterocycles. The van der Waals surface area contributed by atoms with Gasteiger partial charge in [0.2, 0.25) is 0 Å². The van der Waals surface area contributed by atoms with Crippen LogP contribution >= 0.6 is 0 Å². The van der Waals surface area contributed by atoms with Gasteiger partial charge in [0.05, 0.1) is 0 Å². The molecule has 0 heterocycles. The van der Waals surface area contributed by atoms with Crippen LogP contribution in [-0.4, -0.2) is 0 Å². The molecule has 4 rings (SSSR count). The second-order valence-corrected chi connectivity index (χ2v) is 4.24. The van der Waals surface area contributed by atoms with Crippen LogP contribution in [-0.2, 0) is 0 Å². The van der Waals surface area contributed by atoms with E-state index >= 15 is 0 Å². The molecule has 1 fully saturated rings. The lowest BCUT2D eigenvalue weighted by Gasteiger charge is -2.03. The first-order chi connectivity index (χ1) is 6.45. The normalized spacial score (nSPS) is 27.7. The number of benzene rings is 2. The van der Waals surface area contributed by atoms with Crippen LogP contribution in [0.5, 0.6) is 0 Å². The maximum atomic E-state index is 2.31. The minimum atomic E-state index is 0.876. The molecule has 0 amide bonds. The van der Waals surface area contributed by atoms with Crippen molar-refractivity contribution in [3.63, 3.8) is 0 Å². The first-order valence-corrected chi connectivity index (χ1v) is 4.97. The fraction of sp³-hybridized carbons (Fsp3) is 0.231. The second-order valence-electron chi connectivity index (χ2n) is 4.24. The molecule has 0 spiro atoms. The monoisotopic (exact) mass is 166 g/mol. The van der Waals surface area contributed by atoms with Gasteiger partial charge in [-0.15, -0.1) is 0 Å². The van der Waals surface area contributed by atoms with Crippen LogP contribution in [0.3, 0.4) is 0 Å². The van der Waals surface area contributed by atoms with Crippen LogP contribution < -0.4 is 0 Å². The van der Waals surface area contributed by atoms with E-state index in [2.05, 4.69) is 36.4 Å². The molecule has 13 heavy (non-hydrogen) atoms. The summed E-state index contributed by atoms with van der Waals surface area (Å²) in [6.07, 6.45) is 1.40. The molecular weight excluding hydrogens is 156 g/mol. The van der Waals surface area contributed by atoms with Gasteiger partial charge in [0, 0.05) is 0 Å². The standard InChI is InChI=1S/C13H10/c1-3-8-4-2-6-10-12-7-11(12)9(5-1)13(8)10/h1-6,11-12H,7H2/t11-,12-/m0/s1. The highest BCUT2D eigenvalue weighted by atomic mass is 14.5. The van der Waals surface area contributed by atoms with Crippen molar-refractivity contribution in [1.29, 1.82) is 0 Å². The van der Waals surface area contributed by atoms with Crippen molar-refractivity contribution in [2.45, 2.75) is 18.3 Å². The van der Waals surface area contributed by atoms with Gasteiger partial charge in [-0.3, -0.25) is 0 Å². The predicted molar refractivity (Wildman–Crippen MR) is 54.0 cm³/mol. The zero-order valence-corrected chi connectivity index (χ0v) is 7.33. The molecule has 1 saturated carbocycles. The Morgan fingerprint density at radius 3 is 2.08 bits per heavy atom. The molecule has 2 aliphatic carbocycles. The highest BCUT2D eigenvalue weighted by molar-refractivity contribution is 5.93. The van der Waals surface area contributed by atoms with E-state index in [9.17, 15) is 0 Å². The Labute approximate surface area is 77.2 Å². The molecule has 2 aromatic rings. The third-order valence-electron chi connectivity index (χ3n) is 3.56. The van der Waals surface area contributed by atoms with Gasteiger partial charge in [-0.25, -0.2) is 0 Å². The first kappa shape index (κ1) is 6.20. The summed E-state index contributed by atoms with van der Waals surface area (Å²) in [5.41, 5.74) is 3.22. The van der Waals surface area contributed by atoms with E-state index in [4.69, 9.17) is 0 Å². The first-order valence-electron chi connectivity index (χ1n) is 4.97. The van der Waals surface area contributed by atoms with E-state index < -0.39 is 0 Å². The van der Waals surface area contributed by atoms with Crippen LogP contribution in [0.4, 0.5) is 0 Å². The Balaban J connectivity index is 2.29. The minimum absolute atomic E-state index is 0.876. The van der Waals surface area contributed by atoms with Crippen molar-refractivity contribution in [2.75, 3.05) is 0 Å². The molecule has 2 atom stereocenters. The summed E-state index contributed by atoms with van der Waals surface area (Å²) in [7, 11) is 0. The molecule has 2 aromatic carbocycles. The van der Waals surface area contributed by atoms with Crippen molar-refractivity contribution in [3.8, 4) is 0 Å². The fourth-order valence-electron chi connectivity index (χ4n) is 2.90. The smallest absolute Gasteiger partial charge is 0.00804 e. The van der Waals surface area contributed by atoms with Gasteiger partial charge >= 0.3 is 0 Å². The highest BCUT2D eigenvalue weighted by Crippen LogP contribution is 2.62. The summed E-state index contributed by atoms with van der Waals surface area (Å²) in [5.74, 6) is 1.75. The van der Waals surface area contributed by atoms with Gasteiger partial charge in [-0.1, -0.05) is 36.4 Å². The van der Waals surface area contributed by atoms with Crippen molar-refractivity contribution >= 4 is 10.8 Å². The second kappa shape index (κ2) is 1.79. The maximum absolute atomic E-state index is 2.31. The average Bonchev–Trinajstić information content (AvgIpc) is 2.90. The molecule has 2 aliphatic rings. The largest absolute Gasteiger partial charge is 0.0613 e.